The predicted octanol–water partition coefficient (Wildman–Crippen LogP) is 2.20. The lowest BCUT2D eigenvalue weighted by atomic mass is 10.3. The van der Waals surface area contributed by atoms with E-state index in [9.17, 15) is 4.79 Å². The Labute approximate surface area is 109 Å². The molecule has 7 heteroatoms. The van der Waals surface area contributed by atoms with Gasteiger partial charge in [-0.3, -0.25) is 4.79 Å². The van der Waals surface area contributed by atoms with E-state index in [0.29, 0.717) is 5.56 Å². The molecule has 0 aromatic carbocycles. The number of hydrogen-bond acceptors (Lipinski definition) is 4. The van der Waals surface area contributed by atoms with Crippen molar-refractivity contribution in [3.05, 3.63) is 28.0 Å². The van der Waals surface area contributed by atoms with Gasteiger partial charge in [0.2, 0.25) is 0 Å². The fraction of sp³-hybridized carbons (Fsp3) is 0.333. The summed E-state index contributed by atoms with van der Waals surface area (Å²) in [6, 6.07) is 3.17. The highest BCUT2D eigenvalue weighted by atomic mass is 35.5. The maximum Gasteiger partial charge on any atom is 0.307 e. The second-order valence-corrected chi connectivity index (χ2v) is 3.59. The maximum absolute atomic E-state index is 11.0. The molecule has 1 aromatic rings. The first-order valence-electron chi connectivity index (χ1n) is 4.29. The predicted molar refractivity (Wildman–Crippen MR) is 65.0 cm³/mol. The lowest BCUT2D eigenvalue weighted by Gasteiger charge is -2.04. The summed E-state index contributed by atoms with van der Waals surface area (Å²) in [5, 5.41) is 0.541. The molecule has 0 amide bonds. The van der Waals surface area contributed by atoms with Gasteiger partial charge in [-0.05, 0) is 17.7 Å². The van der Waals surface area contributed by atoms with Gasteiger partial charge < -0.3 is 10.5 Å². The molecule has 0 atom stereocenters. The molecule has 0 spiro atoms. The average molecular weight is 286 g/mol. The highest BCUT2D eigenvalue weighted by Gasteiger charge is 2.04. The number of nitrogens with two attached hydrogens (primary N) is 1. The molecule has 0 saturated carbocycles. The molecule has 0 aliphatic heterocycles. The first-order chi connectivity index (χ1) is 7.11. The van der Waals surface area contributed by atoms with E-state index >= 15 is 0 Å². The number of carbonyl (C=O) groups is 1. The van der Waals surface area contributed by atoms with Crippen LogP contribution in [-0.2, 0) is 16.1 Å². The van der Waals surface area contributed by atoms with E-state index in [-0.39, 0.29) is 48.3 Å². The molecular weight excluding hydrogens is 274 g/mol. The molecule has 2 N–H and O–H groups in total. The average Bonchev–Trinajstić information content (AvgIpc) is 2.14. The van der Waals surface area contributed by atoms with E-state index in [1.54, 1.807) is 12.1 Å². The van der Waals surface area contributed by atoms with Crippen molar-refractivity contribution in [3.63, 3.8) is 0 Å². The van der Waals surface area contributed by atoms with Crippen LogP contribution in [0.4, 0.5) is 0 Å². The Balaban J connectivity index is 0.00000225. The minimum Gasteiger partial charge on any atom is -0.461 e. The number of esters is 1. The van der Waals surface area contributed by atoms with Crippen molar-refractivity contribution in [3.8, 4) is 0 Å². The number of aromatic nitrogens is 1. The van der Waals surface area contributed by atoms with Gasteiger partial charge in [-0.1, -0.05) is 23.2 Å². The van der Waals surface area contributed by atoms with Gasteiger partial charge in [-0.15, -0.1) is 12.4 Å². The number of halogens is 3. The van der Waals surface area contributed by atoms with E-state index in [1.165, 1.54) is 0 Å². The van der Waals surface area contributed by atoms with Crippen molar-refractivity contribution in [2.24, 2.45) is 5.73 Å². The zero-order chi connectivity index (χ0) is 11.3. The van der Waals surface area contributed by atoms with Gasteiger partial charge in [0.1, 0.15) is 16.9 Å². The van der Waals surface area contributed by atoms with Crippen LogP contribution in [0.3, 0.4) is 0 Å². The van der Waals surface area contributed by atoms with Gasteiger partial charge in [0.05, 0.1) is 6.42 Å². The molecule has 16 heavy (non-hydrogen) atoms. The molecular formula is C9H11Cl3N2O2. The Morgan fingerprint density at radius 2 is 1.94 bits per heavy atom. The fourth-order valence-electron chi connectivity index (χ4n) is 0.951. The van der Waals surface area contributed by atoms with Crippen LogP contribution in [-0.4, -0.2) is 17.5 Å². The molecule has 0 aliphatic rings. The van der Waals surface area contributed by atoms with E-state index in [0.717, 1.165) is 0 Å². The fourth-order valence-corrected chi connectivity index (χ4v) is 1.46. The van der Waals surface area contributed by atoms with E-state index in [1.807, 2.05) is 0 Å². The molecule has 0 radical (unpaired) electrons. The summed E-state index contributed by atoms with van der Waals surface area (Å²) in [5.41, 5.74) is 5.89. The van der Waals surface area contributed by atoms with Crippen LogP contribution in [0.5, 0.6) is 0 Å². The highest BCUT2D eigenvalue weighted by molar-refractivity contribution is 6.32. The SMILES string of the molecule is Cl.NCCC(=O)OCc1cc(Cl)nc(Cl)c1. The second kappa shape index (κ2) is 7.68. The number of ether oxygens (including phenoxy) is 1. The van der Waals surface area contributed by atoms with Gasteiger partial charge in [0, 0.05) is 6.54 Å². The zero-order valence-electron chi connectivity index (χ0n) is 8.28. The van der Waals surface area contributed by atoms with Gasteiger partial charge in [-0.25, -0.2) is 4.98 Å². The van der Waals surface area contributed by atoms with Crippen LogP contribution in [0.1, 0.15) is 12.0 Å². The topological polar surface area (TPSA) is 65.2 Å². The minimum atomic E-state index is -0.346. The normalized spacial score (nSPS) is 9.44. The summed E-state index contributed by atoms with van der Waals surface area (Å²) in [5.74, 6) is -0.346. The van der Waals surface area contributed by atoms with E-state index < -0.39 is 0 Å². The van der Waals surface area contributed by atoms with Crippen LogP contribution in [0.15, 0.2) is 12.1 Å². The molecule has 0 bridgehead atoms. The van der Waals surface area contributed by atoms with Crippen molar-refractivity contribution in [1.29, 1.82) is 0 Å². The summed E-state index contributed by atoms with van der Waals surface area (Å²) in [7, 11) is 0. The Hall–Kier alpha value is -0.550. The van der Waals surface area contributed by atoms with Crippen LogP contribution in [0.25, 0.3) is 0 Å². The Morgan fingerprint density at radius 3 is 2.44 bits per heavy atom. The Morgan fingerprint density at radius 1 is 1.38 bits per heavy atom. The smallest absolute Gasteiger partial charge is 0.307 e. The van der Waals surface area contributed by atoms with Gasteiger partial charge in [0.15, 0.2) is 0 Å². The molecule has 0 fully saturated rings. The number of nitrogens with zero attached hydrogens (tertiary/aromatic N) is 1. The third-order valence-corrected chi connectivity index (χ3v) is 1.96. The molecule has 1 heterocycles. The van der Waals surface area contributed by atoms with Crippen molar-refractivity contribution >= 4 is 41.6 Å². The molecule has 90 valence electrons. The number of pyridine rings is 1. The minimum absolute atomic E-state index is 0. The summed E-state index contributed by atoms with van der Waals surface area (Å²) in [4.78, 5) is 14.8. The van der Waals surface area contributed by atoms with Crippen molar-refractivity contribution < 1.29 is 9.53 Å². The first-order valence-corrected chi connectivity index (χ1v) is 5.05. The third-order valence-electron chi connectivity index (χ3n) is 1.57. The van der Waals surface area contributed by atoms with E-state index in [4.69, 9.17) is 33.7 Å². The number of rotatable bonds is 4. The molecule has 0 saturated heterocycles. The second-order valence-electron chi connectivity index (χ2n) is 2.82. The summed E-state index contributed by atoms with van der Waals surface area (Å²) >= 11 is 11.3. The third kappa shape index (κ3) is 5.51. The summed E-state index contributed by atoms with van der Waals surface area (Å²) in [6.07, 6.45) is 0.201. The molecule has 4 nitrogen and oxygen atoms in total. The molecule has 0 unspecified atom stereocenters. The summed E-state index contributed by atoms with van der Waals surface area (Å²) in [6.45, 7) is 0.400. The lowest BCUT2D eigenvalue weighted by molar-refractivity contribution is -0.144. The van der Waals surface area contributed by atoms with Crippen LogP contribution < -0.4 is 5.73 Å². The standard InChI is InChI=1S/C9H10Cl2N2O2.ClH/c10-7-3-6(4-8(11)13-7)5-15-9(14)1-2-12;/h3-4H,1-2,5,12H2;1H. The van der Waals surface area contributed by atoms with E-state index in [2.05, 4.69) is 4.98 Å². The largest absolute Gasteiger partial charge is 0.461 e. The van der Waals surface area contributed by atoms with Gasteiger partial charge in [0.25, 0.3) is 0 Å². The van der Waals surface area contributed by atoms with Gasteiger partial charge >= 0.3 is 5.97 Å². The van der Waals surface area contributed by atoms with Crippen LogP contribution in [0.2, 0.25) is 10.3 Å². The lowest BCUT2D eigenvalue weighted by Crippen LogP contribution is -2.11. The number of carbonyl (C=O) groups excluding carboxylic acids is 1. The van der Waals surface area contributed by atoms with Crippen molar-refractivity contribution in [1.82, 2.24) is 4.98 Å². The van der Waals surface area contributed by atoms with Crippen molar-refractivity contribution in [2.75, 3.05) is 6.54 Å². The maximum atomic E-state index is 11.0. The highest BCUT2D eigenvalue weighted by Crippen LogP contribution is 2.15. The Kier molecular flexibility index (Phi) is 7.42. The Bertz CT molecular complexity index is 340. The van der Waals surface area contributed by atoms with Crippen LogP contribution in [0, 0.1) is 0 Å². The monoisotopic (exact) mass is 284 g/mol. The summed E-state index contributed by atoms with van der Waals surface area (Å²) < 4.78 is 4.91. The molecule has 1 aromatic heterocycles. The van der Waals surface area contributed by atoms with Crippen LogP contribution >= 0.6 is 35.6 Å². The molecule has 1 rings (SSSR count). The zero-order valence-corrected chi connectivity index (χ0v) is 10.6. The molecule has 0 aliphatic carbocycles. The number of hydrogen-bond donors (Lipinski definition) is 1. The van der Waals surface area contributed by atoms with Crippen molar-refractivity contribution in [2.45, 2.75) is 13.0 Å². The van der Waals surface area contributed by atoms with Gasteiger partial charge in [-0.2, -0.15) is 0 Å². The quantitative estimate of drug-likeness (QED) is 0.680. The first kappa shape index (κ1) is 15.4.